The molecule has 0 spiro atoms. The van der Waals surface area contributed by atoms with E-state index in [1.165, 1.54) is 17.3 Å². The highest BCUT2D eigenvalue weighted by Gasteiger charge is 2.21. The Bertz CT molecular complexity index is 718. The molecule has 3 rings (SSSR count). The van der Waals surface area contributed by atoms with E-state index in [2.05, 4.69) is 10.3 Å². The molecule has 0 aromatic heterocycles. The fourth-order valence-electron chi connectivity index (χ4n) is 1.92. The zero-order valence-electron chi connectivity index (χ0n) is 11.5. The van der Waals surface area contributed by atoms with Gasteiger partial charge in [-0.15, -0.1) is 0 Å². The van der Waals surface area contributed by atoms with Crippen LogP contribution in [0.25, 0.3) is 6.08 Å². The van der Waals surface area contributed by atoms with Gasteiger partial charge in [-0.05, 0) is 42.5 Å². The highest BCUT2D eigenvalue weighted by atomic mass is 32.2. The Labute approximate surface area is 127 Å². The van der Waals surface area contributed by atoms with Crippen molar-refractivity contribution in [1.29, 1.82) is 0 Å². The van der Waals surface area contributed by atoms with Gasteiger partial charge in [0.15, 0.2) is 5.17 Å². The molecule has 1 heterocycles. The number of amidine groups is 1. The predicted octanol–water partition coefficient (Wildman–Crippen LogP) is 4.08. The van der Waals surface area contributed by atoms with Gasteiger partial charge in [0.05, 0.1) is 4.91 Å². The van der Waals surface area contributed by atoms with Gasteiger partial charge in [-0.25, -0.2) is 0 Å². The number of aryl methyl sites for hydroxylation is 1. The highest BCUT2D eigenvalue weighted by Crippen LogP contribution is 2.29. The van der Waals surface area contributed by atoms with E-state index < -0.39 is 0 Å². The van der Waals surface area contributed by atoms with Gasteiger partial charge in [-0.1, -0.05) is 48.0 Å². The van der Waals surface area contributed by atoms with Crippen LogP contribution in [0.1, 0.15) is 11.1 Å². The van der Waals surface area contributed by atoms with Crippen LogP contribution in [-0.4, -0.2) is 11.1 Å². The fraction of sp³-hybridized carbons (Fsp3) is 0.0588. The van der Waals surface area contributed by atoms with Crippen LogP contribution in [0.4, 0.5) is 5.69 Å². The lowest BCUT2D eigenvalue weighted by Crippen LogP contribution is -2.04. The summed E-state index contributed by atoms with van der Waals surface area (Å²) in [5, 5.41) is 3.78. The average Bonchev–Trinajstić information content (AvgIpc) is 2.82. The van der Waals surface area contributed by atoms with E-state index >= 15 is 0 Å². The minimum atomic E-state index is -0.196. The predicted molar refractivity (Wildman–Crippen MR) is 89.3 cm³/mol. The summed E-state index contributed by atoms with van der Waals surface area (Å²) in [4.78, 5) is 16.6. The third kappa shape index (κ3) is 3.41. The van der Waals surface area contributed by atoms with Gasteiger partial charge in [0.2, 0.25) is 0 Å². The molecule has 104 valence electrons. The van der Waals surface area contributed by atoms with Gasteiger partial charge in [0.25, 0.3) is 5.91 Å². The van der Waals surface area contributed by atoms with Crippen molar-refractivity contribution < 1.29 is 4.79 Å². The zero-order valence-corrected chi connectivity index (χ0v) is 12.4. The number of hydrogen-bond donors (Lipinski definition) is 1. The molecule has 0 saturated heterocycles. The van der Waals surface area contributed by atoms with Gasteiger partial charge >= 0.3 is 0 Å². The summed E-state index contributed by atoms with van der Waals surface area (Å²) in [6.07, 6.45) is 1.86. The first-order valence-electron chi connectivity index (χ1n) is 6.62. The van der Waals surface area contributed by atoms with Crippen molar-refractivity contribution in [3.63, 3.8) is 0 Å². The molecule has 4 heteroatoms. The van der Waals surface area contributed by atoms with Gasteiger partial charge in [0, 0.05) is 5.69 Å². The summed E-state index contributed by atoms with van der Waals surface area (Å²) in [6.45, 7) is 2.04. The number of rotatable bonds is 2. The van der Waals surface area contributed by atoms with Crippen molar-refractivity contribution in [2.75, 3.05) is 5.32 Å². The highest BCUT2D eigenvalue weighted by molar-refractivity contribution is 8.18. The van der Waals surface area contributed by atoms with Crippen molar-refractivity contribution in [2.45, 2.75) is 6.92 Å². The molecule has 0 saturated carbocycles. The smallest absolute Gasteiger partial charge is 0.286 e. The quantitative estimate of drug-likeness (QED) is 0.849. The van der Waals surface area contributed by atoms with Crippen molar-refractivity contribution in [2.24, 2.45) is 4.99 Å². The zero-order chi connectivity index (χ0) is 14.7. The van der Waals surface area contributed by atoms with E-state index in [0.29, 0.717) is 10.1 Å². The summed E-state index contributed by atoms with van der Waals surface area (Å²) in [6, 6.07) is 17.8. The summed E-state index contributed by atoms with van der Waals surface area (Å²) in [7, 11) is 0. The maximum absolute atomic E-state index is 11.9. The molecule has 0 unspecified atom stereocenters. The van der Waals surface area contributed by atoms with Crippen LogP contribution >= 0.6 is 11.8 Å². The Hall–Kier alpha value is -2.33. The topological polar surface area (TPSA) is 41.5 Å². The SMILES string of the molecule is Cc1ccc(NC2=NC(=O)C(=Cc3ccccc3)S2)cc1. The second-order valence-corrected chi connectivity index (χ2v) is 5.77. The Balaban J connectivity index is 1.73. The lowest BCUT2D eigenvalue weighted by Gasteiger charge is -2.04. The molecule has 0 atom stereocenters. The molecule has 2 aromatic carbocycles. The number of aliphatic imine (C=N–C) groups is 1. The molecular formula is C17H14N2OS. The minimum Gasteiger partial charge on any atom is -0.334 e. The summed E-state index contributed by atoms with van der Waals surface area (Å²) < 4.78 is 0. The van der Waals surface area contributed by atoms with E-state index in [1.807, 2.05) is 67.6 Å². The molecule has 3 nitrogen and oxygen atoms in total. The average molecular weight is 294 g/mol. The van der Waals surface area contributed by atoms with Gasteiger partial charge in [-0.2, -0.15) is 4.99 Å². The van der Waals surface area contributed by atoms with Crippen molar-refractivity contribution in [3.8, 4) is 0 Å². The maximum atomic E-state index is 11.9. The molecule has 2 aromatic rings. The monoisotopic (exact) mass is 294 g/mol. The lowest BCUT2D eigenvalue weighted by atomic mass is 10.2. The molecule has 0 radical (unpaired) electrons. The van der Waals surface area contributed by atoms with Gasteiger partial charge in [0.1, 0.15) is 0 Å². The normalized spacial score (nSPS) is 16.1. The van der Waals surface area contributed by atoms with Crippen LogP contribution in [0.2, 0.25) is 0 Å². The Morgan fingerprint density at radius 3 is 2.48 bits per heavy atom. The number of benzene rings is 2. The Kier molecular flexibility index (Phi) is 3.88. The molecule has 0 aliphatic carbocycles. The third-order valence-electron chi connectivity index (χ3n) is 3.02. The summed E-state index contributed by atoms with van der Waals surface area (Å²) in [5.74, 6) is -0.196. The molecular weight excluding hydrogens is 280 g/mol. The second-order valence-electron chi connectivity index (χ2n) is 4.73. The summed E-state index contributed by atoms with van der Waals surface area (Å²) in [5.41, 5.74) is 3.13. The van der Waals surface area contributed by atoms with E-state index in [4.69, 9.17) is 0 Å². The van der Waals surface area contributed by atoms with Crippen molar-refractivity contribution in [1.82, 2.24) is 0 Å². The van der Waals surface area contributed by atoms with Crippen molar-refractivity contribution >= 4 is 34.6 Å². The molecule has 0 bridgehead atoms. The van der Waals surface area contributed by atoms with Crippen LogP contribution in [-0.2, 0) is 4.79 Å². The third-order valence-corrected chi connectivity index (χ3v) is 3.92. The first-order valence-corrected chi connectivity index (χ1v) is 7.44. The number of nitrogens with one attached hydrogen (secondary N) is 1. The molecule has 21 heavy (non-hydrogen) atoms. The van der Waals surface area contributed by atoms with Crippen LogP contribution < -0.4 is 5.32 Å². The second kappa shape index (κ2) is 5.97. The maximum Gasteiger partial charge on any atom is 0.286 e. The first kappa shape index (κ1) is 13.6. The molecule has 1 N–H and O–H groups in total. The number of anilines is 1. The van der Waals surface area contributed by atoms with E-state index in [-0.39, 0.29) is 5.91 Å². The van der Waals surface area contributed by atoms with Crippen LogP contribution in [0.15, 0.2) is 64.5 Å². The largest absolute Gasteiger partial charge is 0.334 e. The molecule has 0 fully saturated rings. The van der Waals surface area contributed by atoms with Crippen LogP contribution in [0, 0.1) is 6.92 Å². The molecule has 1 aliphatic rings. The molecule has 1 aliphatic heterocycles. The van der Waals surface area contributed by atoms with Crippen LogP contribution in [0.5, 0.6) is 0 Å². The fourth-order valence-corrected chi connectivity index (χ4v) is 2.76. The number of amides is 1. The number of thioether (sulfide) groups is 1. The number of carbonyl (C=O) groups excluding carboxylic acids is 1. The minimum absolute atomic E-state index is 0.196. The van der Waals surface area contributed by atoms with E-state index in [0.717, 1.165) is 11.3 Å². The van der Waals surface area contributed by atoms with Crippen molar-refractivity contribution in [3.05, 3.63) is 70.6 Å². The van der Waals surface area contributed by atoms with Gasteiger partial charge < -0.3 is 5.32 Å². The van der Waals surface area contributed by atoms with Crippen LogP contribution in [0.3, 0.4) is 0 Å². The van der Waals surface area contributed by atoms with Gasteiger partial charge in [-0.3, -0.25) is 4.79 Å². The van der Waals surface area contributed by atoms with E-state index in [9.17, 15) is 4.79 Å². The number of carbonyl (C=O) groups is 1. The number of nitrogens with zero attached hydrogens (tertiary/aromatic N) is 1. The molecule has 1 amide bonds. The summed E-state index contributed by atoms with van der Waals surface area (Å²) >= 11 is 1.36. The first-order chi connectivity index (χ1) is 10.2. The standard InChI is InChI=1S/C17H14N2OS/c1-12-7-9-14(10-8-12)18-17-19-16(20)15(21-17)11-13-5-3-2-4-6-13/h2-11H,1H3,(H,18,19,20). The van der Waals surface area contributed by atoms with E-state index in [1.54, 1.807) is 0 Å². The Morgan fingerprint density at radius 1 is 1.05 bits per heavy atom. The lowest BCUT2D eigenvalue weighted by molar-refractivity contribution is -0.113. The Morgan fingerprint density at radius 2 is 1.76 bits per heavy atom. The number of hydrogen-bond acceptors (Lipinski definition) is 3.